The first-order chi connectivity index (χ1) is 7.78. The highest BCUT2D eigenvalue weighted by atomic mass is 16.4. The maximum Gasteiger partial charge on any atom is 0.323 e. The zero-order chi connectivity index (χ0) is 13.6. The van der Waals surface area contributed by atoms with Gasteiger partial charge in [0.05, 0.1) is 0 Å². The van der Waals surface area contributed by atoms with Crippen LogP contribution in [0.15, 0.2) is 0 Å². The van der Waals surface area contributed by atoms with Crippen LogP contribution < -0.4 is 5.32 Å². The van der Waals surface area contributed by atoms with Crippen molar-refractivity contribution >= 4 is 5.97 Å². The number of aliphatic carboxylic acids is 1. The van der Waals surface area contributed by atoms with Crippen molar-refractivity contribution in [3.8, 4) is 0 Å². The minimum Gasteiger partial charge on any atom is -0.480 e. The lowest BCUT2D eigenvalue weighted by Gasteiger charge is -2.35. The van der Waals surface area contributed by atoms with E-state index in [1.54, 1.807) is 14.0 Å². The van der Waals surface area contributed by atoms with E-state index in [2.05, 4.69) is 38.0 Å². The predicted octanol–water partition coefficient (Wildman–Crippen LogP) is 1.95. The van der Waals surface area contributed by atoms with Gasteiger partial charge in [0.15, 0.2) is 0 Å². The van der Waals surface area contributed by atoms with Gasteiger partial charge < -0.3 is 15.3 Å². The Morgan fingerprint density at radius 1 is 1.41 bits per heavy atom. The Balaban J connectivity index is 4.51. The van der Waals surface area contributed by atoms with Crippen LogP contribution in [-0.4, -0.2) is 47.7 Å². The first-order valence-corrected chi connectivity index (χ1v) is 6.42. The fourth-order valence-corrected chi connectivity index (χ4v) is 2.09. The third kappa shape index (κ3) is 4.64. The molecule has 0 radical (unpaired) electrons. The number of carbonyl (C=O) groups is 1. The first kappa shape index (κ1) is 16.4. The summed E-state index contributed by atoms with van der Waals surface area (Å²) in [5.74, 6) is -0.789. The van der Waals surface area contributed by atoms with Gasteiger partial charge in [-0.25, -0.2) is 0 Å². The van der Waals surface area contributed by atoms with Gasteiger partial charge in [-0.05, 0) is 47.7 Å². The number of carboxylic acids is 1. The average molecular weight is 244 g/mol. The molecule has 3 atom stereocenters. The monoisotopic (exact) mass is 244 g/mol. The van der Waals surface area contributed by atoms with Crippen molar-refractivity contribution in [2.24, 2.45) is 0 Å². The number of nitrogens with one attached hydrogen (secondary N) is 1. The number of likely N-dealkylation sites (N-methyl/N-ethyl adjacent to an activating group) is 1. The van der Waals surface area contributed by atoms with Crippen molar-refractivity contribution in [1.82, 2.24) is 10.2 Å². The van der Waals surface area contributed by atoms with Crippen molar-refractivity contribution in [1.29, 1.82) is 0 Å². The van der Waals surface area contributed by atoms with Gasteiger partial charge >= 0.3 is 5.97 Å². The number of hydrogen-bond acceptors (Lipinski definition) is 3. The van der Waals surface area contributed by atoms with Crippen molar-refractivity contribution in [2.75, 3.05) is 14.1 Å². The summed E-state index contributed by atoms with van der Waals surface area (Å²) in [4.78, 5) is 13.5. The molecule has 0 bridgehead atoms. The van der Waals surface area contributed by atoms with E-state index in [0.29, 0.717) is 12.5 Å². The highest BCUT2D eigenvalue weighted by Crippen LogP contribution is 2.18. The molecule has 0 saturated carbocycles. The summed E-state index contributed by atoms with van der Waals surface area (Å²) < 4.78 is 0. The van der Waals surface area contributed by atoms with E-state index >= 15 is 0 Å². The smallest absolute Gasteiger partial charge is 0.323 e. The second-order valence-corrected chi connectivity index (χ2v) is 5.24. The summed E-state index contributed by atoms with van der Waals surface area (Å²) in [5.41, 5.74) is -0.848. The largest absolute Gasteiger partial charge is 0.480 e. The Bertz CT molecular complexity index is 246. The molecule has 0 fully saturated rings. The Hall–Kier alpha value is -0.610. The summed E-state index contributed by atoms with van der Waals surface area (Å²) >= 11 is 0. The average Bonchev–Trinajstić information content (AvgIpc) is 2.27. The van der Waals surface area contributed by atoms with Crippen molar-refractivity contribution < 1.29 is 9.90 Å². The van der Waals surface area contributed by atoms with E-state index < -0.39 is 11.5 Å². The second kappa shape index (κ2) is 6.97. The molecule has 0 amide bonds. The SMILES string of the molecule is CCCC(C)N(C)C(C)CC(C)(NC)C(=O)O. The normalized spacial score (nSPS) is 18.8. The van der Waals surface area contributed by atoms with Gasteiger partial charge in [-0.1, -0.05) is 13.3 Å². The molecule has 0 aromatic carbocycles. The summed E-state index contributed by atoms with van der Waals surface area (Å²) in [6.45, 7) is 8.19. The molecule has 0 aliphatic carbocycles. The van der Waals surface area contributed by atoms with Crippen LogP contribution in [0.1, 0.15) is 47.0 Å². The van der Waals surface area contributed by atoms with E-state index in [1.165, 1.54) is 0 Å². The maximum atomic E-state index is 11.2. The van der Waals surface area contributed by atoms with Crippen molar-refractivity contribution in [3.63, 3.8) is 0 Å². The standard InChI is InChI=1S/C13H28N2O2/c1-7-8-10(2)15(6)11(3)9-13(4,14-5)12(16)17/h10-11,14H,7-9H2,1-6H3,(H,16,17). The third-order valence-electron chi connectivity index (χ3n) is 3.82. The van der Waals surface area contributed by atoms with Gasteiger partial charge in [0, 0.05) is 12.1 Å². The van der Waals surface area contributed by atoms with Crippen LogP contribution in [0.4, 0.5) is 0 Å². The molecule has 0 spiro atoms. The summed E-state index contributed by atoms with van der Waals surface area (Å²) in [5, 5.41) is 12.1. The fourth-order valence-electron chi connectivity index (χ4n) is 2.09. The molecular weight excluding hydrogens is 216 g/mol. The van der Waals surface area contributed by atoms with Crippen LogP contribution in [0, 0.1) is 0 Å². The zero-order valence-corrected chi connectivity index (χ0v) is 12.1. The Morgan fingerprint density at radius 2 is 1.94 bits per heavy atom. The lowest BCUT2D eigenvalue weighted by Crippen LogP contribution is -2.52. The van der Waals surface area contributed by atoms with Crippen LogP contribution in [0.5, 0.6) is 0 Å². The van der Waals surface area contributed by atoms with Gasteiger partial charge in [-0.15, -0.1) is 0 Å². The first-order valence-electron chi connectivity index (χ1n) is 6.42. The minimum atomic E-state index is -0.848. The van der Waals surface area contributed by atoms with Crippen LogP contribution in [0.25, 0.3) is 0 Å². The van der Waals surface area contributed by atoms with Gasteiger partial charge in [0.2, 0.25) is 0 Å². The molecule has 3 unspecified atom stereocenters. The van der Waals surface area contributed by atoms with Gasteiger partial charge in [0.1, 0.15) is 5.54 Å². The molecule has 0 heterocycles. The lowest BCUT2D eigenvalue weighted by atomic mass is 9.92. The molecule has 102 valence electrons. The molecule has 0 aliphatic heterocycles. The number of rotatable bonds is 8. The number of nitrogens with zero attached hydrogens (tertiary/aromatic N) is 1. The maximum absolute atomic E-state index is 11.2. The summed E-state index contributed by atoms with van der Waals surface area (Å²) in [6.07, 6.45) is 2.90. The summed E-state index contributed by atoms with van der Waals surface area (Å²) in [7, 11) is 3.78. The Kier molecular flexibility index (Phi) is 6.72. The van der Waals surface area contributed by atoms with E-state index in [1.807, 2.05) is 0 Å². The topological polar surface area (TPSA) is 52.6 Å². The van der Waals surface area contributed by atoms with Crippen molar-refractivity contribution in [3.05, 3.63) is 0 Å². The van der Waals surface area contributed by atoms with E-state index in [0.717, 1.165) is 12.8 Å². The molecule has 4 nitrogen and oxygen atoms in total. The molecule has 2 N–H and O–H groups in total. The van der Waals surface area contributed by atoms with Gasteiger partial charge in [-0.2, -0.15) is 0 Å². The lowest BCUT2D eigenvalue weighted by molar-refractivity contribution is -0.144. The van der Waals surface area contributed by atoms with Gasteiger partial charge in [-0.3, -0.25) is 4.79 Å². The molecule has 17 heavy (non-hydrogen) atoms. The Morgan fingerprint density at radius 3 is 2.29 bits per heavy atom. The second-order valence-electron chi connectivity index (χ2n) is 5.24. The van der Waals surface area contributed by atoms with E-state index in [9.17, 15) is 9.90 Å². The van der Waals surface area contributed by atoms with E-state index in [4.69, 9.17) is 0 Å². The predicted molar refractivity (Wildman–Crippen MR) is 71.3 cm³/mol. The molecule has 0 saturated heterocycles. The van der Waals surface area contributed by atoms with Crippen molar-refractivity contribution in [2.45, 2.75) is 64.6 Å². The quantitative estimate of drug-likeness (QED) is 0.685. The minimum absolute atomic E-state index is 0.241. The molecule has 0 rings (SSSR count). The van der Waals surface area contributed by atoms with Crippen LogP contribution in [0.3, 0.4) is 0 Å². The summed E-state index contributed by atoms with van der Waals surface area (Å²) in [6, 6.07) is 0.731. The van der Waals surface area contributed by atoms with Crippen LogP contribution >= 0.6 is 0 Å². The highest BCUT2D eigenvalue weighted by Gasteiger charge is 2.34. The van der Waals surface area contributed by atoms with Crippen LogP contribution in [0.2, 0.25) is 0 Å². The van der Waals surface area contributed by atoms with Gasteiger partial charge in [0.25, 0.3) is 0 Å². The third-order valence-corrected chi connectivity index (χ3v) is 3.82. The Labute approximate surface area is 105 Å². The molecule has 0 aliphatic rings. The molecular formula is C13H28N2O2. The fraction of sp³-hybridized carbons (Fsp3) is 0.923. The zero-order valence-electron chi connectivity index (χ0n) is 12.1. The van der Waals surface area contributed by atoms with Crippen LogP contribution in [-0.2, 0) is 4.79 Å². The number of hydrogen-bond donors (Lipinski definition) is 2. The number of carboxylic acid groups (broad SMARTS) is 1. The molecule has 4 heteroatoms. The van der Waals surface area contributed by atoms with E-state index in [-0.39, 0.29) is 6.04 Å². The highest BCUT2D eigenvalue weighted by molar-refractivity contribution is 5.78. The molecule has 0 aromatic rings. The molecule has 0 aromatic heterocycles.